The van der Waals surface area contributed by atoms with Gasteiger partial charge in [-0.3, -0.25) is 4.79 Å². The molecular weight excluding hydrogens is 188 g/mol. The lowest BCUT2D eigenvalue weighted by Gasteiger charge is -1.99. The Hall–Kier alpha value is -1.57. The van der Waals surface area contributed by atoms with Crippen molar-refractivity contribution in [2.75, 3.05) is 0 Å². The van der Waals surface area contributed by atoms with Crippen LogP contribution in [-0.2, 0) is 0 Å². The third kappa shape index (κ3) is 1.80. The summed E-state index contributed by atoms with van der Waals surface area (Å²) in [6, 6.07) is 4.96. The Balaban J connectivity index is 2.27. The first-order valence-electron chi connectivity index (χ1n) is 5.30. The highest BCUT2D eigenvalue weighted by molar-refractivity contribution is 6.17. The predicted octanol–water partition coefficient (Wildman–Crippen LogP) is 3.16. The average molecular weight is 202 g/mol. The lowest BCUT2D eigenvalue weighted by atomic mass is 10.0. The number of unbranched alkanes of at least 4 members (excludes halogenated alkanes) is 1. The molecule has 2 rings (SSSR count). The van der Waals surface area contributed by atoms with E-state index in [2.05, 4.69) is 6.92 Å². The Bertz CT molecular complexity index is 430. The first kappa shape index (κ1) is 9.97. The Kier molecular flexibility index (Phi) is 2.58. The number of benzene rings is 1. The maximum absolute atomic E-state index is 11.9. The van der Waals surface area contributed by atoms with Gasteiger partial charge in [0.1, 0.15) is 5.75 Å². The van der Waals surface area contributed by atoms with E-state index in [1.54, 1.807) is 18.2 Å². The molecule has 0 radical (unpaired) electrons. The van der Waals surface area contributed by atoms with Gasteiger partial charge in [0.15, 0.2) is 5.78 Å². The highest BCUT2D eigenvalue weighted by Gasteiger charge is 2.21. The van der Waals surface area contributed by atoms with Crippen molar-refractivity contribution >= 4 is 11.9 Å². The molecule has 15 heavy (non-hydrogen) atoms. The number of carbonyl (C=O) groups excluding carboxylic acids is 1. The molecule has 1 aliphatic rings. The summed E-state index contributed by atoms with van der Waals surface area (Å²) in [7, 11) is 0. The summed E-state index contributed by atoms with van der Waals surface area (Å²) >= 11 is 0. The highest BCUT2D eigenvalue weighted by Crippen LogP contribution is 2.30. The maximum atomic E-state index is 11.9. The van der Waals surface area contributed by atoms with Crippen LogP contribution in [0.2, 0.25) is 0 Å². The van der Waals surface area contributed by atoms with Gasteiger partial charge < -0.3 is 5.11 Å². The number of phenols is 1. The summed E-state index contributed by atoms with van der Waals surface area (Å²) in [5, 5.41) is 9.30. The van der Waals surface area contributed by atoms with Crippen LogP contribution in [0, 0.1) is 0 Å². The van der Waals surface area contributed by atoms with Crippen molar-refractivity contribution < 1.29 is 9.90 Å². The van der Waals surface area contributed by atoms with Crippen LogP contribution in [0.5, 0.6) is 5.75 Å². The molecule has 0 saturated heterocycles. The number of ketones is 1. The second-order valence-corrected chi connectivity index (χ2v) is 3.87. The number of hydrogen-bond donors (Lipinski definition) is 1. The van der Waals surface area contributed by atoms with Crippen LogP contribution in [0.25, 0.3) is 6.08 Å². The molecule has 0 bridgehead atoms. The highest BCUT2D eigenvalue weighted by atomic mass is 16.3. The molecule has 0 aliphatic heterocycles. The molecule has 1 N–H and O–H groups in total. The van der Waals surface area contributed by atoms with Crippen LogP contribution < -0.4 is 0 Å². The van der Waals surface area contributed by atoms with E-state index in [-0.39, 0.29) is 11.5 Å². The van der Waals surface area contributed by atoms with E-state index in [9.17, 15) is 9.90 Å². The Morgan fingerprint density at radius 1 is 1.33 bits per heavy atom. The molecule has 0 unspecified atom stereocenters. The molecule has 1 aromatic carbocycles. The number of carbonyl (C=O) groups is 1. The molecule has 0 aromatic heterocycles. The number of fused-ring (bicyclic) bond motifs is 1. The van der Waals surface area contributed by atoms with Crippen LogP contribution in [-0.4, -0.2) is 10.9 Å². The summed E-state index contributed by atoms with van der Waals surface area (Å²) in [5.41, 5.74) is 2.45. The van der Waals surface area contributed by atoms with Gasteiger partial charge in [0.2, 0.25) is 0 Å². The molecule has 0 atom stereocenters. The van der Waals surface area contributed by atoms with Crippen molar-refractivity contribution in [1.29, 1.82) is 0 Å². The molecule has 1 aliphatic carbocycles. The van der Waals surface area contributed by atoms with Crippen LogP contribution in [0.4, 0.5) is 0 Å². The summed E-state index contributed by atoms with van der Waals surface area (Å²) in [6.45, 7) is 2.11. The van der Waals surface area contributed by atoms with E-state index in [0.29, 0.717) is 5.56 Å². The van der Waals surface area contributed by atoms with Crippen molar-refractivity contribution in [3.05, 3.63) is 34.9 Å². The Labute approximate surface area is 89.2 Å². The van der Waals surface area contributed by atoms with Crippen molar-refractivity contribution in [1.82, 2.24) is 0 Å². The monoisotopic (exact) mass is 202 g/mol. The van der Waals surface area contributed by atoms with Crippen LogP contribution in [0.15, 0.2) is 23.8 Å². The summed E-state index contributed by atoms with van der Waals surface area (Å²) in [4.78, 5) is 11.9. The van der Waals surface area contributed by atoms with Crippen molar-refractivity contribution in [3.63, 3.8) is 0 Å². The number of Topliss-reactive ketones (excluding diaryl/α,β-unsaturated/α-hetero) is 1. The second kappa shape index (κ2) is 3.89. The number of rotatable bonds is 3. The van der Waals surface area contributed by atoms with Gasteiger partial charge in [0.25, 0.3) is 0 Å². The first-order chi connectivity index (χ1) is 7.22. The summed E-state index contributed by atoms with van der Waals surface area (Å²) in [6.07, 6.45) is 4.90. The van der Waals surface area contributed by atoms with E-state index in [1.807, 2.05) is 6.08 Å². The van der Waals surface area contributed by atoms with E-state index < -0.39 is 0 Å². The second-order valence-electron chi connectivity index (χ2n) is 3.87. The van der Waals surface area contributed by atoms with Gasteiger partial charge in [0, 0.05) is 11.1 Å². The third-order valence-electron chi connectivity index (χ3n) is 2.70. The van der Waals surface area contributed by atoms with Gasteiger partial charge in [-0.25, -0.2) is 0 Å². The zero-order valence-corrected chi connectivity index (χ0v) is 8.79. The molecular formula is C13H14O2. The molecule has 1 aromatic rings. The van der Waals surface area contributed by atoms with Gasteiger partial charge in [-0.15, -0.1) is 0 Å². The van der Waals surface area contributed by atoms with E-state index in [1.165, 1.54) is 0 Å². The molecule has 2 heteroatoms. The molecule has 0 heterocycles. The van der Waals surface area contributed by atoms with Crippen molar-refractivity contribution in [2.24, 2.45) is 0 Å². The van der Waals surface area contributed by atoms with E-state index in [4.69, 9.17) is 0 Å². The van der Waals surface area contributed by atoms with Gasteiger partial charge >= 0.3 is 0 Å². The molecule has 0 fully saturated rings. The first-order valence-corrected chi connectivity index (χ1v) is 5.30. The molecule has 78 valence electrons. The summed E-state index contributed by atoms with van der Waals surface area (Å²) in [5.74, 6) is 0.238. The predicted molar refractivity (Wildman–Crippen MR) is 59.9 cm³/mol. The fourth-order valence-electron chi connectivity index (χ4n) is 1.85. The summed E-state index contributed by atoms with van der Waals surface area (Å²) < 4.78 is 0. The van der Waals surface area contributed by atoms with Crippen LogP contribution in [0.3, 0.4) is 0 Å². The molecule has 2 nitrogen and oxygen atoms in total. The Morgan fingerprint density at radius 2 is 2.13 bits per heavy atom. The lowest BCUT2D eigenvalue weighted by Crippen LogP contribution is -1.98. The maximum Gasteiger partial charge on any atom is 0.189 e. The van der Waals surface area contributed by atoms with Gasteiger partial charge in [-0.1, -0.05) is 19.4 Å². The van der Waals surface area contributed by atoms with Crippen LogP contribution in [0.1, 0.15) is 42.1 Å². The van der Waals surface area contributed by atoms with Crippen LogP contribution >= 0.6 is 0 Å². The zero-order chi connectivity index (χ0) is 10.8. The number of phenolic OH excluding ortho intramolecular Hbond substituents is 1. The van der Waals surface area contributed by atoms with Gasteiger partial charge in [-0.2, -0.15) is 0 Å². The minimum Gasteiger partial charge on any atom is -0.508 e. The number of allylic oxidation sites excluding steroid dienone is 1. The standard InChI is InChI=1S/C13H14O2/c1-2-3-4-10-7-9-5-6-11(14)8-12(9)13(10)15/h5-8,14H,2-4H2,1H3. The molecule has 0 amide bonds. The van der Waals surface area contributed by atoms with Crippen molar-refractivity contribution in [3.8, 4) is 5.75 Å². The SMILES string of the molecule is CCCCC1=Cc2ccc(O)cc2C1=O. The van der Waals surface area contributed by atoms with Gasteiger partial charge in [-0.05, 0) is 36.6 Å². The minimum absolute atomic E-state index is 0.0781. The fraction of sp³-hybridized carbons (Fsp3) is 0.308. The lowest BCUT2D eigenvalue weighted by molar-refractivity contribution is 0.103. The number of hydrogen-bond acceptors (Lipinski definition) is 2. The van der Waals surface area contributed by atoms with Crippen molar-refractivity contribution in [2.45, 2.75) is 26.2 Å². The average Bonchev–Trinajstić information content (AvgIpc) is 2.53. The largest absolute Gasteiger partial charge is 0.508 e. The smallest absolute Gasteiger partial charge is 0.189 e. The third-order valence-corrected chi connectivity index (χ3v) is 2.70. The topological polar surface area (TPSA) is 37.3 Å². The van der Waals surface area contributed by atoms with E-state index in [0.717, 1.165) is 30.4 Å². The molecule has 0 spiro atoms. The normalized spacial score (nSPS) is 13.9. The molecule has 0 saturated carbocycles. The minimum atomic E-state index is 0.0781. The van der Waals surface area contributed by atoms with E-state index >= 15 is 0 Å². The Morgan fingerprint density at radius 3 is 2.87 bits per heavy atom. The number of aromatic hydroxyl groups is 1. The quantitative estimate of drug-likeness (QED) is 0.817. The van der Waals surface area contributed by atoms with Gasteiger partial charge in [0.05, 0.1) is 0 Å². The fourth-order valence-corrected chi connectivity index (χ4v) is 1.85. The zero-order valence-electron chi connectivity index (χ0n) is 8.79.